The van der Waals surface area contributed by atoms with Crippen molar-refractivity contribution in [1.29, 1.82) is 5.26 Å². The highest BCUT2D eigenvalue weighted by Crippen LogP contribution is 2.26. The predicted octanol–water partition coefficient (Wildman–Crippen LogP) is 8.66. The fourth-order valence-electron chi connectivity index (χ4n) is 3.31. The Hall–Kier alpha value is -4.16. The number of nitrogens with zero attached hydrogens (tertiary/aromatic N) is 2. The van der Waals surface area contributed by atoms with Crippen molar-refractivity contribution in [3.8, 4) is 17.2 Å². The molecule has 0 radical (unpaired) electrons. The number of hydrogen-bond acceptors (Lipinski definition) is 3. The summed E-state index contributed by atoms with van der Waals surface area (Å²) in [6, 6.07) is 28.7. The number of nitrogens with one attached hydrogen (secondary N) is 1. The lowest BCUT2D eigenvalue weighted by Crippen LogP contribution is -1.88. The zero-order valence-electron chi connectivity index (χ0n) is 21.3. The highest BCUT2D eigenvalue weighted by Gasteiger charge is 2.04. The van der Waals surface area contributed by atoms with E-state index in [2.05, 4.69) is 86.7 Å². The molecule has 0 saturated heterocycles. The summed E-state index contributed by atoms with van der Waals surface area (Å²) in [7, 11) is 0. The number of hydrogen-bond donors (Lipinski definition) is 1. The lowest BCUT2D eigenvalue weighted by atomic mass is 10.00. The van der Waals surface area contributed by atoms with Gasteiger partial charge in [-0.3, -0.25) is 4.98 Å². The van der Waals surface area contributed by atoms with Crippen LogP contribution in [0.1, 0.15) is 30.7 Å². The van der Waals surface area contributed by atoms with E-state index in [1.54, 1.807) is 6.20 Å². The first-order chi connectivity index (χ1) is 16.9. The SMILES string of the molecule is C=CC(C)C.C=CNc1ccccc1.Cc1cc(C)c2ccc(-c3ccc(CC#N)cc3)cc2n1. The fraction of sp³-hybridized carbons (Fsp3) is 0.188. The van der Waals surface area contributed by atoms with E-state index < -0.39 is 0 Å². The second-order valence-electron chi connectivity index (χ2n) is 8.54. The molecule has 4 aromatic rings. The van der Waals surface area contributed by atoms with Gasteiger partial charge in [-0.15, -0.1) is 6.58 Å². The Bertz CT molecular complexity index is 1260. The normalized spacial score (nSPS) is 9.71. The van der Waals surface area contributed by atoms with Crippen molar-refractivity contribution < 1.29 is 0 Å². The average molecular weight is 462 g/mol. The van der Waals surface area contributed by atoms with Gasteiger partial charge in [-0.25, -0.2) is 0 Å². The smallest absolute Gasteiger partial charge is 0.0714 e. The third-order valence-corrected chi connectivity index (χ3v) is 5.23. The third kappa shape index (κ3) is 8.95. The van der Waals surface area contributed by atoms with Crippen molar-refractivity contribution in [3.05, 3.63) is 121 Å². The fourth-order valence-corrected chi connectivity index (χ4v) is 3.31. The molecule has 1 N–H and O–H groups in total. The lowest BCUT2D eigenvalue weighted by molar-refractivity contribution is 0.835. The van der Waals surface area contributed by atoms with E-state index in [1.165, 1.54) is 10.9 Å². The van der Waals surface area contributed by atoms with Crippen molar-refractivity contribution >= 4 is 16.6 Å². The number of nitriles is 1. The van der Waals surface area contributed by atoms with E-state index in [9.17, 15) is 0 Å². The zero-order chi connectivity index (χ0) is 25.6. The minimum Gasteiger partial charge on any atom is -0.362 e. The summed E-state index contributed by atoms with van der Waals surface area (Å²) in [5.41, 5.74) is 7.77. The molecule has 0 fully saturated rings. The molecule has 0 spiro atoms. The summed E-state index contributed by atoms with van der Waals surface area (Å²) in [5.74, 6) is 0.648. The van der Waals surface area contributed by atoms with Crippen LogP contribution in [0.15, 0.2) is 104 Å². The van der Waals surface area contributed by atoms with Crippen molar-refractivity contribution in [2.75, 3.05) is 5.32 Å². The number of allylic oxidation sites excluding steroid dienone is 1. The van der Waals surface area contributed by atoms with Crippen LogP contribution in [0.3, 0.4) is 0 Å². The maximum Gasteiger partial charge on any atom is 0.0714 e. The highest BCUT2D eigenvalue weighted by atomic mass is 14.8. The van der Waals surface area contributed by atoms with Gasteiger partial charge in [0.1, 0.15) is 0 Å². The van der Waals surface area contributed by atoms with Crippen molar-refractivity contribution in [2.45, 2.75) is 34.1 Å². The van der Waals surface area contributed by atoms with E-state index >= 15 is 0 Å². The first-order valence-electron chi connectivity index (χ1n) is 11.8. The number of rotatable bonds is 5. The van der Waals surface area contributed by atoms with Gasteiger partial charge >= 0.3 is 0 Å². The molecule has 1 aromatic heterocycles. The molecule has 3 aromatic carbocycles. The summed E-state index contributed by atoms with van der Waals surface area (Å²) < 4.78 is 0. The van der Waals surface area contributed by atoms with Gasteiger partial charge in [-0.05, 0) is 72.5 Å². The summed E-state index contributed by atoms with van der Waals surface area (Å²) in [6.07, 6.45) is 4.03. The van der Waals surface area contributed by atoms with Gasteiger partial charge < -0.3 is 5.32 Å². The summed E-state index contributed by atoms with van der Waals surface area (Å²) in [5, 5.41) is 12.9. The molecule has 3 nitrogen and oxygen atoms in total. The molecule has 0 aliphatic rings. The molecule has 178 valence electrons. The quantitative estimate of drug-likeness (QED) is 0.302. The Morgan fingerprint density at radius 1 is 0.914 bits per heavy atom. The number of para-hydroxylation sites is 1. The average Bonchev–Trinajstić information content (AvgIpc) is 2.86. The molecule has 4 rings (SSSR count). The van der Waals surface area contributed by atoms with Crippen LogP contribution < -0.4 is 5.32 Å². The predicted molar refractivity (Wildman–Crippen MR) is 151 cm³/mol. The van der Waals surface area contributed by atoms with Crippen molar-refractivity contribution in [3.63, 3.8) is 0 Å². The van der Waals surface area contributed by atoms with Crippen molar-refractivity contribution in [1.82, 2.24) is 4.98 Å². The molecule has 1 heterocycles. The number of benzene rings is 3. The van der Waals surface area contributed by atoms with Gasteiger partial charge in [0.05, 0.1) is 18.0 Å². The van der Waals surface area contributed by atoms with Crippen molar-refractivity contribution in [2.24, 2.45) is 5.92 Å². The van der Waals surface area contributed by atoms with E-state index in [1.807, 2.05) is 55.5 Å². The van der Waals surface area contributed by atoms with Crippen LogP contribution in [0.25, 0.3) is 22.0 Å². The monoisotopic (exact) mass is 461 g/mol. The summed E-state index contributed by atoms with van der Waals surface area (Å²) in [4.78, 5) is 4.63. The largest absolute Gasteiger partial charge is 0.362 e. The highest BCUT2D eigenvalue weighted by molar-refractivity contribution is 5.86. The molecule has 3 heteroatoms. The first-order valence-corrected chi connectivity index (χ1v) is 11.8. The molecule has 0 saturated carbocycles. The molecule has 0 atom stereocenters. The van der Waals surface area contributed by atoms with Gasteiger partial charge in [-0.2, -0.15) is 5.26 Å². The third-order valence-electron chi connectivity index (χ3n) is 5.23. The molecule has 0 aliphatic carbocycles. The topological polar surface area (TPSA) is 48.7 Å². The van der Waals surface area contributed by atoms with Crippen LogP contribution in [0.5, 0.6) is 0 Å². The number of aryl methyl sites for hydroxylation is 2. The number of pyridine rings is 1. The number of fused-ring (bicyclic) bond motifs is 1. The first kappa shape index (κ1) is 27.1. The molecule has 0 aliphatic heterocycles. The van der Waals surface area contributed by atoms with Gasteiger partial charge in [0.15, 0.2) is 0 Å². The number of aromatic nitrogens is 1. The Balaban J connectivity index is 0.000000255. The molecular formula is C32H35N3. The Morgan fingerprint density at radius 2 is 1.54 bits per heavy atom. The van der Waals surface area contributed by atoms with E-state index in [4.69, 9.17) is 5.26 Å². The lowest BCUT2D eigenvalue weighted by Gasteiger charge is -2.07. The Kier molecular flexibility index (Phi) is 11.0. The van der Waals surface area contributed by atoms with E-state index in [0.29, 0.717) is 12.3 Å². The van der Waals surface area contributed by atoms with E-state index in [-0.39, 0.29) is 0 Å². The zero-order valence-corrected chi connectivity index (χ0v) is 21.3. The van der Waals surface area contributed by atoms with Gasteiger partial charge in [-0.1, -0.05) is 81.1 Å². The second kappa shape index (κ2) is 14.2. The molecule has 0 bridgehead atoms. The Labute approximate surface area is 210 Å². The van der Waals surface area contributed by atoms with Gasteiger partial charge in [0.25, 0.3) is 0 Å². The molecule has 0 amide bonds. The van der Waals surface area contributed by atoms with Crippen LogP contribution in [0.2, 0.25) is 0 Å². The molecule has 35 heavy (non-hydrogen) atoms. The molecule has 0 unspecified atom stereocenters. The number of anilines is 1. The van der Waals surface area contributed by atoms with E-state index in [0.717, 1.165) is 33.6 Å². The molecular weight excluding hydrogens is 426 g/mol. The van der Waals surface area contributed by atoms with Gasteiger partial charge in [0.2, 0.25) is 0 Å². The van der Waals surface area contributed by atoms with Crippen LogP contribution in [-0.2, 0) is 6.42 Å². The van der Waals surface area contributed by atoms with Crippen LogP contribution in [0, 0.1) is 31.1 Å². The summed E-state index contributed by atoms with van der Waals surface area (Å²) >= 11 is 0. The minimum atomic E-state index is 0.456. The van der Waals surface area contributed by atoms with Crippen LogP contribution in [0.4, 0.5) is 5.69 Å². The van der Waals surface area contributed by atoms with Crippen LogP contribution >= 0.6 is 0 Å². The van der Waals surface area contributed by atoms with Gasteiger partial charge in [0, 0.05) is 16.8 Å². The van der Waals surface area contributed by atoms with Crippen LogP contribution in [-0.4, -0.2) is 4.98 Å². The Morgan fingerprint density at radius 3 is 2.11 bits per heavy atom. The minimum absolute atomic E-state index is 0.456. The maximum atomic E-state index is 8.72. The second-order valence-corrected chi connectivity index (χ2v) is 8.54. The maximum absolute atomic E-state index is 8.72. The summed E-state index contributed by atoms with van der Waals surface area (Å²) in [6.45, 7) is 15.5. The standard InChI is InChI=1S/C19H16N2.C8H9N.C5H10/c1-13-11-14(2)21-19-12-17(7-8-18(13)19)16-5-3-15(4-6-16)9-10-20;1-2-9-8-6-4-3-5-7-8;1-4-5(2)3/h3-8,11-12H,9H2,1-2H3;2-7,9H,1H2;4-5H,1H2,2-3H3.